The molecule has 0 saturated heterocycles. The molecule has 2 aromatic rings. The molecule has 1 unspecified atom stereocenters. The summed E-state index contributed by atoms with van der Waals surface area (Å²) in [6, 6.07) is 7.61. The van der Waals surface area contributed by atoms with Gasteiger partial charge in [0.2, 0.25) is 0 Å². The standard InChI is InChI=1S/C36H38O7/c1-17-13-14-36-21-7-8-23(38)32(36)43-30-25(10-5-18(28(30)36)15-20(17)21)41-33(39)40-24-11-6-19-16-34(2,3)26-12-9-22(37)31-35(26,4)27(19)29(24)42-31/h5-6,10-11,17,20-21,26,31-32H,7-9,12-16H2,1-4H3/t17?,20-,21-,26-,31-,32-,35-,36-/m0/s1. The molecule has 9 rings (SSSR count). The van der Waals surface area contributed by atoms with Crippen molar-refractivity contribution in [1.29, 1.82) is 0 Å². The summed E-state index contributed by atoms with van der Waals surface area (Å²) in [6.07, 6.45) is 4.65. The van der Waals surface area contributed by atoms with Crippen molar-refractivity contribution in [3.05, 3.63) is 46.5 Å². The summed E-state index contributed by atoms with van der Waals surface area (Å²) in [5.74, 6) is 3.71. The van der Waals surface area contributed by atoms with Crippen LogP contribution in [-0.2, 0) is 33.3 Å². The number of hydrogen-bond acceptors (Lipinski definition) is 7. The van der Waals surface area contributed by atoms with Crippen molar-refractivity contribution in [3.63, 3.8) is 0 Å². The van der Waals surface area contributed by atoms with Crippen LogP contribution in [0.4, 0.5) is 4.79 Å². The average molecular weight is 583 g/mol. The highest BCUT2D eigenvalue weighted by Gasteiger charge is 2.66. The van der Waals surface area contributed by atoms with Gasteiger partial charge in [-0.1, -0.05) is 39.8 Å². The van der Waals surface area contributed by atoms with Gasteiger partial charge in [0.05, 0.1) is 0 Å². The normalized spacial score (nSPS) is 38.4. The highest BCUT2D eigenvalue weighted by atomic mass is 16.7. The topological polar surface area (TPSA) is 88.1 Å². The summed E-state index contributed by atoms with van der Waals surface area (Å²) in [5.41, 5.74) is 3.70. The average Bonchev–Trinajstić information content (AvgIpc) is 3.48. The molecule has 3 fully saturated rings. The number of rotatable bonds is 2. The minimum atomic E-state index is -0.889. The van der Waals surface area contributed by atoms with Gasteiger partial charge in [-0.2, -0.15) is 0 Å². The second kappa shape index (κ2) is 8.22. The SMILES string of the molecule is CC1CC[C@]23c4c5ccc(OC(=O)Oc6ccc7c8c6O[C@H]6C(=O)CC[C@@H](C(C)(C)C7)[C@@]86C)c4O[C@H]2C(=O)CC[C@H]3[C@H]1C5. The van der Waals surface area contributed by atoms with E-state index in [1.54, 1.807) is 12.1 Å². The minimum absolute atomic E-state index is 0.0234. The quantitative estimate of drug-likeness (QED) is 0.298. The van der Waals surface area contributed by atoms with Gasteiger partial charge in [0.15, 0.2) is 46.8 Å². The summed E-state index contributed by atoms with van der Waals surface area (Å²) in [6.45, 7) is 9.06. The maximum Gasteiger partial charge on any atom is 0.519 e. The zero-order valence-corrected chi connectivity index (χ0v) is 25.3. The molecule has 0 amide bonds. The molecule has 0 radical (unpaired) electrons. The van der Waals surface area contributed by atoms with E-state index in [4.69, 9.17) is 18.9 Å². The summed E-state index contributed by atoms with van der Waals surface area (Å²) in [4.78, 5) is 39.8. The first kappa shape index (κ1) is 26.1. The molecule has 3 saturated carbocycles. The summed E-state index contributed by atoms with van der Waals surface area (Å²) in [5, 5.41) is 0. The van der Waals surface area contributed by atoms with Gasteiger partial charge in [-0.05, 0) is 90.9 Å². The van der Waals surface area contributed by atoms with E-state index < -0.39 is 23.8 Å². The first-order valence-corrected chi connectivity index (χ1v) is 16.1. The summed E-state index contributed by atoms with van der Waals surface area (Å²) >= 11 is 0. The Bertz CT molecular complexity index is 1660. The molecule has 8 atom stereocenters. The van der Waals surface area contributed by atoms with E-state index in [0.29, 0.717) is 47.8 Å². The molecule has 2 bridgehead atoms. The number of carbonyl (C=O) groups is 3. The van der Waals surface area contributed by atoms with E-state index in [-0.39, 0.29) is 34.1 Å². The monoisotopic (exact) mass is 582 g/mol. The molecular formula is C36H38O7. The fraction of sp³-hybridized carbons (Fsp3) is 0.583. The van der Waals surface area contributed by atoms with Crippen LogP contribution in [0.25, 0.3) is 0 Å². The third kappa shape index (κ3) is 3.09. The number of carbonyl (C=O) groups excluding carboxylic acids is 3. The molecule has 7 nitrogen and oxygen atoms in total. The molecule has 5 aliphatic carbocycles. The largest absolute Gasteiger partial charge is 0.519 e. The maximum atomic E-state index is 13.4. The lowest BCUT2D eigenvalue weighted by atomic mass is 9.46. The van der Waals surface area contributed by atoms with Gasteiger partial charge < -0.3 is 18.9 Å². The number of ketones is 2. The van der Waals surface area contributed by atoms with Crippen LogP contribution in [0.2, 0.25) is 0 Å². The zero-order chi connectivity index (χ0) is 29.6. The molecule has 2 aromatic carbocycles. The van der Waals surface area contributed by atoms with Gasteiger partial charge in [-0.15, -0.1) is 0 Å². The lowest BCUT2D eigenvalue weighted by Crippen LogP contribution is -2.59. The maximum absolute atomic E-state index is 13.4. The first-order valence-electron chi connectivity index (χ1n) is 16.1. The van der Waals surface area contributed by atoms with Crippen molar-refractivity contribution in [1.82, 2.24) is 0 Å². The van der Waals surface area contributed by atoms with Crippen LogP contribution < -0.4 is 18.9 Å². The van der Waals surface area contributed by atoms with Crippen LogP contribution in [0.3, 0.4) is 0 Å². The third-order valence-electron chi connectivity index (χ3n) is 12.9. The van der Waals surface area contributed by atoms with Crippen LogP contribution >= 0.6 is 0 Å². The Kier molecular flexibility index (Phi) is 4.99. The number of hydrogen-bond donors (Lipinski definition) is 0. The summed E-state index contributed by atoms with van der Waals surface area (Å²) < 4.78 is 24.6. The second-order valence-corrected chi connectivity index (χ2v) is 15.3. The molecule has 224 valence electrons. The van der Waals surface area contributed by atoms with Crippen molar-refractivity contribution in [2.75, 3.05) is 0 Å². The molecule has 0 aromatic heterocycles. The molecule has 2 heterocycles. The molecular weight excluding hydrogens is 544 g/mol. The van der Waals surface area contributed by atoms with Crippen molar-refractivity contribution in [2.24, 2.45) is 29.1 Å². The number of benzene rings is 2. The van der Waals surface area contributed by atoms with E-state index in [2.05, 4.69) is 33.8 Å². The minimum Gasteiger partial charge on any atom is -0.477 e. The fourth-order valence-electron chi connectivity index (χ4n) is 11.4. The van der Waals surface area contributed by atoms with E-state index in [9.17, 15) is 14.4 Å². The van der Waals surface area contributed by atoms with E-state index in [1.165, 1.54) is 5.56 Å². The number of Topliss-reactive ketones (excluding diaryl/α,β-unsaturated/α-hetero) is 2. The van der Waals surface area contributed by atoms with Crippen LogP contribution in [0.1, 0.15) is 88.5 Å². The Labute approximate surface area is 251 Å². The van der Waals surface area contributed by atoms with E-state index in [0.717, 1.165) is 55.2 Å². The molecule has 7 aliphatic rings. The first-order chi connectivity index (χ1) is 20.5. The molecule has 0 N–H and O–H groups in total. The molecule has 2 aliphatic heterocycles. The van der Waals surface area contributed by atoms with Gasteiger partial charge in [-0.3, -0.25) is 9.59 Å². The fourth-order valence-corrected chi connectivity index (χ4v) is 11.4. The Morgan fingerprint density at radius 1 is 0.837 bits per heavy atom. The predicted octanol–water partition coefficient (Wildman–Crippen LogP) is 6.42. The van der Waals surface area contributed by atoms with Crippen molar-refractivity contribution >= 4 is 17.7 Å². The Morgan fingerprint density at radius 2 is 1.49 bits per heavy atom. The highest BCUT2D eigenvalue weighted by molar-refractivity contribution is 5.90. The molecule has 43 heavy (non-hydrogen) atoms. The van der Waals surface area contributed by atoms with Crippen LogP contribution in [-0.4, -0.2) is 29.9 Å². The third-order valence-corrected chi connectivity index (χ3v) is 12.9. The molecule has 7 heteroatoms. The van der Waals surface area contributed by atoms with Crippen molar-refractivity contribution in [3.8, 4) is 23.0 Å². The van der Waals surface area contributed by atoms with Crippen molar-refractivity contribution < 1.29 is 33.3 Å². The Balaban J connectivity index is 1.06. The summed E-state index contributed by atoms with van der Waals surface area (Å²) in [7, 11) is 0. The lowest BCUT2D eigenvalue weighted by molar-refractivity contribution is -0.138. The lowest BCUT2D eigenvalue weighted by Gasteiger charge is -2.56. The predicted molar refractivity (Wildman–Crippen MR) is 156 cm³/mol. The van der Waals surface area contributed by atoms with E-state index >= 15 is 0 Å². The molecule has 1 spiro atoms. The van der Waals surface area contributed by atoms with Gasteiger partial charge >= 0.3 is 6.16 Å². The Hall–Kier alpha value is -3.35. The van der Waals surface area contributed by atoms with Gasteiger partial charge in [0, 0.05) is 34.8 Å². The van der Waals surface area contributed by atoms with Gasteiger partial charge in [-0.25, -0.2) is 4.79 Å². The Morgan fingerprint density at radius 3 is 2.26 bits per heavy atom. The van der Waals surface area contributed by atoms with Gasteiger partial charge in [0.1, 0.15) is 0 Å². The second-order valence-electron chi connectivity index (χ2n) is 15.3. The highest BCUT2D eigenvalue weighted by Crippen LogP contribution is 2.67. The van der Waals surface area contributed by atoms with E-state index in [1.807, 2.05) is 6.07 Å². The van der Waals surface area contributed by atoms with Crippen LogP contribution in [0.5, 0.6) is 23.0 Å². The van der Waals surface area contributed by atoms with Crippen molar-refractivity contribution in [2.45, 2.75) is 102 Å². The van der Waals surface area contributed by atoms with Crippen LogP contribution in [0, 0.1) is 29.1 Å². The zero-order valence-electron chi connectivity index (χ0n) is 25.3. The number of ether oxygens (including phenoxy) is 4. The van der Waals surface area contributed by atoms with Gasteiger partial charge in [0.25, 0.3) is 0 Å². The smallest absolute Gasteiger partial charge is 0.477 e. The van der Waals surface area contributed by atoms with Crippen LogP contribution in [0.15, 0.2) is 24.3 Å².